The molecule has 0 saturated carbocycles. The maximum absolute atomic E-state index is 2.31. The average Bonchev–Trinajstić information content (AvgIpc) is 2.74. The Bertz CT molecular complexity index is 451. The Morgan fingerprint density at radius 1 is 1.00 bits per heavy atom. The lowest BCUT2D eigenvalue weighted by molar-refractivity contribution is 1.10. The van der Waals surface area contributed by atoms with Crippen molar-refractivity contribution in [3.05, 3.63) is 65.9 Å². The summed E-state index contributed by atoms with van der Waals surface area (Å²) in [5.74, 6) is 0. The van der Waals surface area contributed by atoms with E-state index in [0.717, 1.165) is 13.0 Å². The monoisotopic (exact) mass is 195 g/mol. The Hall–Kier alpha value is -1.76. The van der Waals surface area contributed by atoms with Gasteiger partial charge in [-0.05, 0) is 29.7 Å². The number of hydrogen-bond acceptors (Lipinski definition) is 1. The Morgan fingerprint density at radius 3 is 2.67 bits per heavy atom. The summed E-state index contributed by atoms with van der Waals surface area (Å²) >= 11 is 0. The number of anilines is 1. The predicted octanol–water partition coefficient (Wildman–Crippen LogP) is 3.28. The van der Waals surface area contributed by atoms with Gasteiger partial charge < -0.3 is 4.90 Å². The van der Waals surface area contributed by atoms with Gasteiger partial charge in [0, 0.05) is 18.4 Å². The lowest BCUT2D eigenvalue weighted by Gasteiger charge is -2.15. The molecular formula is C14H13N. The fourth-order valence-electron chi connectivity index (χ4n) is 2.11. The van der Waals surface area contributed by atoms with Gasteiger partial charge in [-0.25, -0.2) is 0 Å². The molecule has 1 aromatic rings. The van der Waals surface area contributed by atoms with Crippen LogP contribution < -0.4 is 4.90 Å². The summed E-state index contributed by atoms with van der Waals surface area (Å²) in [5, 5.41) is 0. The van der Waals surface area contributed by atoms with E-state index in [0.29, 0.717) is 0 Å². The third-order valence-electron chi connectivity index (χ3n) is 2.92. The van der Waals surface area contributed by atoms with E-state index in [4.69, 9.17) is 0 Å². The van der Waals surface area contributed by atoms with Gasteiger partial charge in [0.25, 0.3) is 0 Å². The molecule has 1 heteroatoms. The molecule has 3 rings (SSSR count). The molecule has 1 aliphatic heterocycles. The molecule has 0 atom stereocenters. The standard InChI is InChI=1S/C14H13N/c1-2-8-14(9-3-1)15-10-12-6-4-5-7-13(12)11-15/h1-6,8-9,11H,7,10H2. The zero-order valence-corrected chi connectivity index (χ0v) is 8.56. The van der Waals surface area contributed by atoms with E-state index < -0.39 is 0 Å². The summed E-state index contributed by atoms with van der Waals surface area (Å²) in [7, 11) is 0. The molecule has 0 saturated heterocycles. The highest BCUT2D eigenvalue weighted by Crippen LogP contribution is 2.30. The quantitative estimate of drug-likeness (QED) is 0.664. The van der Waals surface area contributed by atoms with Crippen molar-refractivity contribution in [1.29, 1.82) is 0 Å². The Labute approximate surface area is 90.0 Å². The van der Waals surface area contributed by atoms with Gasteiger partial charge in [-0.3, -0.25) is 0 Å². The first kappa shape index (κ1) is 8.54. The van der Waals surface area contributed by atoms with E-state index in [-0.39, 0.29) is 0 Å². The van der Waals surface area contributed by atoms with Crippen molar-refractivity contribution in [2.24, 2.45) is 0 Å². The van der Waals surface area contributed by atoms with Gasteiger partial charge >= 0.3 is 0 Å². The first-order valence-electron chi connectivity index (χ1n) is 5.32. The van der Waals surface area contributed by atoms with Crippen LogP contribution in [0.2, 0.25) is 0 Å². The van der Waals surface area contributed by atoms with Gasteiger partial charge in [-0.2, -0.15) is 0 Å². The summed E-state index contributed by atoms with van der Waals surface area (Å²) in [6.45, 7) is 1.02. The molecule has 2 aliphatic rings. The average molecular weight is 195 g/mol. The smallest absolute Gasteiger partial charge is 0.0479 e. The molecule has 0 radical (unpaired) electrons. The highest BCUT2D eigenvalue weighted by molar-refractivity contribution is 5.59. The lowest BCUT2D eigenvalue weighted by Crippen LogP contribution is -2.12. The van der Waals surface area contributed by atoms with Gasteiger partial charge in [0.1, 0.15) is 0 Å². The van der Waals surface area contributed by atoms with Crippen molar-refractivity contribution in [2.45, 2.75) is 6.42 Å². The van der Waals surface area contributed by atoms with E-state index in [1.807, 2.05) is 0 Å². The molecule has 0 spiro atoms. The number of allylic oxidation sites excluding steroid dienone is 3. The summed E-state index contributed by atoms with van der Waals surface area (Å²) in [6.07, 6.45) is 9.93. The first-order valence-corrected chi connectivity index (χ1v) is 5.32. The zero-order chi connectivity index (χ0) is 10.1. The van der Waals surface area contributed by atoms with Crippen LogP contribution in [0.1, 0.15) is 6.42 Å². The fraction of sp³-hybridized carbons (Fsp3) is 0.143. The second-order valence-corrected chi connectivity index (χ2v) is 3.94. The van der Waals surface area contributed by atoms with Gasteiger partial charge in [-0.1, -0.05) is 36.4 Å². The third-order valence-corrected chi connectivity index (χ3v) is 2.92. The Morgan fingerprint density at radius 2 is 1.87 bits per heavy atom. The normalized spacial score (nSPS) is 18.5. The van der Waals surface area contributed by atoms with Crippen molar-refractivity contribution in [3.63, 3.8) is 0 Å². The van der Waals surface area contributed by atoms with E-state index >= 15 is 0 Å². The molecule has 0 amide bonds. The van der Waals surface area contributed by atoms with Crippen LogP contribution in [0.3, 0.4) is 0 Å². The summed E-state index contributed by atoms with van der Waals surface area (Å²) in [5.41, 5.74) is 4.20. The molecule has 74 valence electrons. The number of rotatable bonds is 1. The number of para-hydroxylation sites is 1. The Kier molecular flexibility index (Phi) is 1.95. The van der Waals surface area contributed by atoms with Crippen LogP contribution >= 0.6 is 0 Å². The van der Waals surface area contributed by atoms with Gasteiger partial charge in [0.05, 0.1) is 0 Å². The zero-order valence-electron chi connectivity index (χ0n) is 8.56. The van der Waals surface area contributed by atoms with Crippen LogP contribution in [0.25, 0.3) is 0 Å². The second kappa shape index (κ2) is 3.43. The minimum absolute atomic E-state index is 1.02. The third kappa shape index (κ3) is 1.50. The summed E-state index contributed by atoms with van der Waals surface area (Å²) in [6, 6.07) is 10.5. The largest absolute Gasteiger partial charge is 0.343 e. The lowest BCUT2D eigenvalue weighted by atomic mass is 10.0. The van der Waals surface area contributed by atoms with Crippen molar-refractivity contribution in [1.82, 2.24) is 0 Å². The van der Waals surface area contributed by atoms with Crippen LogP contribution in [0.15, 0.2) is 65.9 Å². The molecule has 1 aromatic carbocycles. The highest BCUT2D eigenvalue weighted by Gasteiger charge is 2.18. The molecule has 1 nitrogen and oxygen atoms in total. The number of nitrogens with zero attached hydrogens (tertiary/aromatic N) is 1. The van der Waals surface area contributed by atoms with Crippen molar-refractivity contribution >= 4 is 5.69 Å². The molecule has 0 bridgehead atoms. The van der Waals surface area contributed by atoms with Crippen LogP contribution in [-0.4, -0.2) is 6.54 Å². The SMILES string of the molecule is C1=CCC2=CN(c3ccccc3)CC2=C1. The van der Waals surface area contributed by atoms with Crippen LogP contribution in [0, 0.1) is 0 Å². The molecule has 0 unspecified atom stereocenters. The maximum atomic E-state index is 2.31. The molecule has 0 N–H and O–H groups in total. The van der Waals surface area contributed by atoms with Gasteiger partial charge in [-0.15, -0.1) is 0 Å². The summed E-state index contributed by atoms with van der Waals surface area (Å²) in [4.78, 5) is 2.31. The van der Waals surface area contributed by atoms with Crippen molar-refractivity contribution < 1.29 is 0 Å². The minimum atomic E-state index is 1.02. The van der Waals surface area contributed by atoms with E-state index in [1.165, 1.54) is 16.8 Å². The van der Waals surface area contributed by atoms with E-state index in [1.54, 1.807) is 0 Å². The topological polar surface area (TPSA) is 3.24 Å². The van der Waals surface area contributed by atoms with Crippen LogP contribution in [0.4, 0.5) is 5.69 Å². The van der Waals surface area contributed by atoms with Gasteiger partial charge in [0.15, 0.2) is 0 Å². The fourth-order valence-corrected chi connectivity index (χ4v) is 2.11. The second-order valence-electron chi connectivity index (χ2n) is 3.94. The maximum Gasteiger partial charge on any atom is 0.0479 e. The first-order chi connectivity index (χ1) is 7.43. The number of benzene rings is 1. The van der Waals surface area contributed by atoms with Gasteiger partial charge in [0.2, 0.25) is 0 Å². The van der Waals surface area contributed by atoms with Crippen molar-refractivity contribution in [2.75, 3.05) is 11.4 Å². The molecular weight excluding hydrogens is 182 g/mol. The predicted molar refractivity (Wildman–Crippen MR) is 63.7 cm³/mol. The van der Waals surface area contributed by atoms with E-state index in [9.17, 15) is 0 Å². The Balaban J connectivity index is 1.92. The van der Waals surface area contributed by atoms with Crippen molar-refractivity contribution in [3.8, 4) is 0 Å². The molecule has 0 aromatic heterocycles. The van der Waals surface area contributed by atoms with Crippen LogP contribution in [-0.2, 0) is 0 Å². The molecule has 15 heavy (non-hydrogen) atoms. The summed E-state index contributed by atoms with van der Waals surface area (Å²) < 4.78 is 0. The van der Waals surface area contributed by atoms with E-state index in [2.05, 4.69) is 59.7 Å². The number of hydrogen-bond donors (Lipinski definition) is 0. The minimum Gasteiger partial charge on any atom is -0.343 e. The van der Waals surface area contributed by atoms with Crippen LogP contribution in [0.5, 0.6) is 0 Å². The molecule has 1 aliphatic carbocycles. The number of fused-ring (bicyclic) bond motifs is 1. The molecule has 1 heterocycles. The molecule has 0 fully saturated rings. The highest BCUT2D eigenvalue weighted by atomic mass is 15.1.